The molecule has 2 amide bonds. The molecule has 4 aromatic rings. The van der Waals surface area contributed by atoms with Gasteiger partial charge in [-0.05, 0) is 43.7 Å². The van der Waals surface area contributed by atoms with Crippen LogP contribution in [0.5, 0.6) is 0 Å². The standard InChI is InChI=1S/C23H21N7O2/c1-13-19(21-27-17-8-7-14(20(24)25)11-18(17)28-21)26-12-29(13)9-4-10-30-22(31)15-5-2-3-6-16(15)23(30)32/h2-3,5-8,11-12H,4,9-10H2,1H3,(H3,24,25)(H,27,28). The number of nitrogen functional groups attached to an aromatic ring is 1. The summed E-state index contributed by atoms with van der Waals surface area (Å²) in [5.74, 6) is 0.161. The summed E-state index contributed by atoms with van der Waals surface area (Å²) in [6.07, 6.45) is 2.35. The average Bonchev–Trinajstić information content (AvgIpc) is 3.44. The number of imidazole rings is 2. The van der Waals surface area contributed by atoms with E-state index in [1.807, 2.05) is 17.6 Å². The third kappa shape index (κ3) is 3.15. The number of nitrogens with two attached hydrogens (primary N) is 1. The van der Waals surface area contributed by atoms with Gasteiger partial charge in [-0.3, -0.25) is 19.9 Å². The minimum Gasteiger partial charge on any atom is -0.384 e. The van der Waals surface area contributed by atoms with E-state index < -0.39 is 0 Å². The molecule has 0 spiro atoms. The number of nitrogens with one attached hydrogen (secondary N) is 2. The Labute approximate surface area is 183 Å². The van der Waals surface area contributed by atoms with Gasteiger partial charge in [-0.25, -0.2) is 9.97 Å². The molecule has 4 N–H and O–H groups in total. The minimum absolute atomic E-state index is 0.00466. The molecule has 1 aliphatic heterocycles. The molecule has 2 aromatic carbocycles. The summed E-state index contributed by atoms with van der Waals surface area (Å²) in [7, 11) is 0. The van der Waals surface area contributed by atoms with Gasteiger partial charge < -0.3 is 15.3 Å². The number of carbonyl (C=O) groups excluding carboxylic acids is 2. The van der Waals surface area contributed by atoms with Gasteiger partial charge in [0.1, 0.15) is 11.5 Å². The molecule has 32 heavy (non-hydrogen) atoms. The van der Waals surface area contributed by atoms with Crippen molar-refractivity contribution in [2.45, 2.75) is 19.9 Å². The molecule has 0 saturated heterocycles. The van der Waals surface area contributed by atoms with Crippen molar-refractivity contribution in [2.75, 3.05) is 6.54 Å². The van der Waals surface area contributed by atoms with Gasteiger partial charge in [0.05, 0.1) is 28.5 Å². The lowest BCUT2D eigenvalue weighted by atomic mass is 10.1. The number of benzene rings is 2. The van der Waals surface area contributed by atoms with Gasteiger partial charge in [0.15, 0.2) is 5.82 Å². The van der Waals surface area contributed by atoms with Crippen molar-refractivity contribution < 1.29 is 9.59 Å². The number of rotatable bonds is 6. The second kappa shape index (κ2) is 7.45. The largest absolute Gasteiger partial charge is 0.384 e. The number of fused-ring (bicyclic) bond motifs is 2. The van der Waals surface area contributed by atoms with Crippen LogP contribution in [-0.2, 0) is 6.54 Å². The van der Waals surface area contributed by atoms with Crippen LogP contribution in [0.1, 0.15) is 38.4 Å². The molecule has 9 nitrogen and oxygen atoms in total. The number of hydrogen-bond acceptors (Lipinski definition) is 5. The summed E-state index contributed by atoms with van der Waals surface area (Å²) in [5.41, 5.74) is 10.3. The molecule has 160 valence electrons. The molecule has 3 heterocycles. The Balaban J connectivity index is 1.30. The predicted molar refractivity (Wildman–Crippen MR) is 119 cm³/mol. The molecular weight excluding hydrogens is 406 g/mol. The van der Waals surface area contributed by atoms with Crippen LogP contribution in [-0.4, -0.2) is 48.6 Å². The second-order valence-electron chi connectivity index (χ2n) is 7.76. The van der Waals surface area contributed by atoms with Crippen LogP contribution in [0, 0.1) is 12.3 Å². The monoisotopic (exact) mass is 427 g/mol. The number of amides is 2. The highest BCUT2D eigenvalue weighted by Crippen LogP contribution is 2.25. The summed E-state index contributed by atoms with van der Waals surface area (Å²) in [6.45, 7) is 2.91. The molecule has 0 aliphatic carbocycles. The van der Waals surface area contributed by atoms with Crippen molar-refractivity contribution in [1.29, 1.82) is 5.41 Å². The van der Waals surface area contributed by atoms with Crippen molar-refractivity contribution in [1.82, 2.24) is 24.4 Å². The predicted octanol–water partition coefficient (Wildman–Crippen LogP) is 2.71. The highest BCUT2D eigenvalue weighted by molar-refractivity contribution is 6.21. The first kappa shape index (κ1) is 19.7. The van der Waals surface area contributed by atoms with Gasteiger partial charge in [-0.1, -0.05) is 12.1 Å². The summed E-state index contributed by atoms with van der Waals surface area (Å²) in [6, 6.07) is 12.3. The van der Waals surface area contributed by atoms with Crippen molar-refractivity contribution in [3.8, 4) is 11.5 Å². The smallest absolute Gasteiger partial charge is 0.261 e. The number of aromatic nitrogens is 4. The maximum Gasteiger partial charge on any atom is 0.261 e. The van der Waals surface area contributed by atoms with Crippen molar-refractivity contribution in [2.24, 2.45) is 5.73 Å². The zero-order chi connectivity index (χ0) is 22.4. The molecule has 5 rings (SSSR count). The van der Waals surface area contributed by atoms with E-state index in [0.29, 0.717) is 47.5 Å². The van der Waals surface area contributed by atoms with Crippen molar-refractivity contribution >= 4 is 28.7 Å². The number of carbonyl (C=O) groups is 2. The van der Waals surface area contributed by atoms with E-state index in [4.69, 9.17) is 11.1 Å². The molecule has 0 saturated carbocycles. The lowest BCUT2D eigenvalue weighted by Crippen LogP contribution is -2.31. The fraction of sp³-hybridized carbons (Fsp3) is 0.174. The topological polar surface area (TPSA) is 134 Å². The maximum absolute atomic E-state index is 12.5. The third-order valence-corrected chi connectivity index (χ3v) is 5.78. The van der Waals surface area contributed by atoms with Crippen molar-refractivity contribution in [3.63, 3.8) is 0 Å². The van der Waals surface area contributed by atoms with E-state index in [2.05, 4.69) is 15.0 Å². The first-order chi connectivity index (χ1) is 15.4. The van der Waals surface area contributed by atoms with E-state index >= 15 is 0 Å². The normalized spacial score (nSPS) is 13.2. The van der Waals surface area contributed by atoms with E-state index in [0.717, 1.165) is 16.9 Å². The highest BCUT2D eigenvalue weighted by Gasteiger charge is 2.34. The van der Waals surface area contributed by atoms with Crippen LogP contribution < -0.4 is 5.73 Å². The quantitative estimate of drug-likeness (QED) is 0.247. The third-order valence-electron chi connectivity index (χ3n) is 5.78. The molecule has 1 aliphatic rings. The molecule has 9 heteroatoms. The van der Waals surface area contributed by atoms with Gasteiger partial charge in [0.2, 0.25) is 0 Å². The fourth-order valence-corrected chi connectivity index (χ4v) is 4.03. The first-order valence-electron chi connectivity index (χ1n) is 10.3. The van der Waals surface area contributed by atoms with E-state index in [1.54, 1.807) is 42.7 Å². The zero-order valence-electron chi connectivity index (χ0n) is 17.4. The van der Waals surface area contributed by atoms with Crippen LogP contribution in [0.25, 0.3) is 22.6 Å². The Morgan fingerprint density at radius 1 is 1.09 bits per heavy atom. The Hall–Kier alpha value is -4.27. The van der Waals surface area contributed by atoms with Gasteiger partial charge in [0.25, 0.3) is 11.8 Å². The number of H-pyrrole nitrogens is 1. The second-order valence-corrected chi connectivity index (χ2v) is 7.76. The number of amidine groups is 1. The summed E-state index contributed by atoms with van der Waals surface area (Å²) in [4.78, 5) is 38.7. The van der Waals surface area contributed by atoms with Crippen molar-refractivity contribution in [3.05, 3.63) is 71.2 Å². The van der Waals surface area contributed by atoms with Crippen LogP contribution in [0.15, 0.2) is 48.8 Å². The van der Waals surface area contributed by atoms with E-state index in [9.17, 15) is 9.59 Å². The Bertz CT molecular complexity index is 1360. The van der Waals surface area contributed by atoms with Crippen LogP contribution in [0.3, 0.4) is 0 Å². The molecule has 0 atom stereocenters. The lowest BCUT2D eigenvalue weighted by Gasteiger charge is -2.14. The molecule has 0 radical (unpaired) electrons. The minimum atomic E-state index is -0.235. The molecule has 0 unspecified atom stereocenters. The highest BCUT2D eigenvalue weighted by atomic mass is 16.2. The lowest BCUT2D eigenvalue weighted by molar-refractivity contribution is 0.0650. The number of hydrogen-bond donors (Lipinski definition) is 3. The van der Waals surface area contributed by atoms with Gasteiger partial charge >= 0.3 is 0 Å². The number of aromatic amines is 1. The summed E-state index contributed by atoms with van der Waals surface area (Å²) >= 11 is 0. The molecule has 0 bridgehead atoms. The van der Waals surface area contributed by atoms with E-state index in [-0.39, 0.29) is 17.6 Å². The fourth-order valence-electron chi connectivity index (χ4n) is 4.03. The number of aryl methyl sites for hydroxylation is 1. The SMILES string of the molecule is Cc1c(-c2nc3cc(C(=N)N)ccc3[nH]2)ncn1CCCN1C(=O)c2ccccc2C1=O. The van der Waals surface area contributed by atoms with Gasteiger partial charge in [0, 0.05) is 24.3 Å². The van der Waals surface area contributed by atoms with E-state index in [1.165, 1.54) is 4.90 Å². The zero-order valence-corrected chi connectivity index (χ0v) is 17.4. The average molecular weight is 427 g/mol. The van der Waals surface area contributed by atoms with Crippen LogP contribution in [0.2, 0.25) is 0 Å². The maximum atomic E-state index is 12.5. The van der Waals surface area contributed by atoms with Gasteiger partial charge in [-0.15, -0.1) is 0 Å². The number of imide groups is 1. The summed E-state index contributed by atoms with van der Waals surface area (Å²) < 4.78 is 1.99. The molecular formula is C23H21N7O2. The first-order valence-corrected chi connectivity index (χ1v) is 10.3. The van der Waals surface area contributed by atoms with Gasteiger partial charge in [-0.2, -0.15) is 0 Å². The summed E-state index contributed by atoms with van der Waals surface area (Å²) in [5, 5.41) is 7.59. The Morgan fingerprint density at radius 3 is 2.50 bits per heavy atom. The number of nitrogens with zero attached hydrogens (tertiary/aromatic N) is 4. The Kier molecular flexibility index (Phi) is 4.58. The van der Waals surface area contributed by atoms with Crippen LogP contribution >= 0.6 is 0 Å². The Morgan fingerprint density at radius 2 is 1.81 bits per heavy atom. The van der Waals surface area contributed by atoms with Crippen LogP contribution in [0.4, 0.5) is 0 Å². The molecule has 0 fully saturated rings. The molecule has 2 aromatic heterocycles.